The number of nitrogens with zero attached hydrogens (tertiary/aromatic N) is 3. The number of unbranched alkanes of at least 4 members (excludes halogenated alkanes) is 14. The van der Waals surface area contributed by atoms with E-state index < -0.39 is 13.4 Å². The van der Waals surface area contributed by atoms with E-state index in [1.807, 2.05) is 0 Å². The second-order valence-electron chi connectivity index (χ2n) is 11.4. The number of aromatic amines is 1. The van der Waals surface area contributed by atoms with Gasteiger partial charge in [-0.1, -0.05) is 104 Å². The van der Waals surface area contributed by atoms with Crippen LogP contribution in [0.15, 0.2) is 11.1 Å². The van der Waals surface area contributed by atoms with E-state index in [1.54, 1.807) is 4.57 Å². The van der Waals surface area contributed by atoms with Gasteiger partial charge in [-0.3, -0.25) is 27.9 Å². The average molecular weight is 612 g/mol. The lowest BCUT2D eigenvalue weighted by Crippen LogP contribution is -2.18. The number of ether oxygens (including phenoxy) is 1. The highest BCUT2D eigenvalue weighted by atomic mass is 31.2. The molecule has 0 aromatic carbocycles. The van der Waals surface area contributed by atoms with Crippen LogP contribution in [0.3, 0.4) is 0 Å². The molecule has 12 heteroatoms. The number of hydrogen-bond donors (Lipinski definition) is 2. The molecule has 240 valence electrons. The molecule has 2 aromatic heterocycles. The molecule has 0 spiro atoms. The number of anilines is 1. The molecule has 3 rings (SSSR count). The molecular weight excluding hydrogens is 557 g/mol. The summed E-state index contributed by atoms with van der Waals surface area (Å²) in [6, 6.07) is 0. The molecule has 42 heavy (non-hydrogen) atoms. The van der Waals surface area contributed by atoms with Gasteiger partial charge in [-0.15, -0.1) is 0 Å². The number of fused-ring (bicyclic) bond motifs is 1. The van der Waals surface area contributed by atoms with E-state index >= 15 is 0 Å². The molecule has 0 aliphatic carbocycles. The first-order valence-electron chi connectivity index (χ1n) is 16.4. The Kier molecular flexibility index (Phi) is 16.1. The van der Waals surface area contributed by atoms with Gasteiger partial charge in [0.1, 0.15) is 6.23 Å². The van der Waals surface area contributed by atoms with Crippen LogP contribution in [0.2, 0.25) is 0 Å². The summed E-state index contributed by atoms with van der Waals surface area (Å²) >= 11 is 0. The zero-order valence-corrected chi connectivity index (χ0v) is 26.8. The summed E-state index contributed by atoms with van der Waals surface area (Å²) in [6.45, 7) is 5.24. The van der Waals surface area contributed by atoms with Crippen LogP contribution < -0.4 is 11.3 Å². The monoisotopic (exact) mass is 611 g/mol. The standard InChI is InChI=1S/C30H54N5O6P/c1-3-5-7-9-11-13-15-17-21-38-42(37,39-22-18-16-14-12-10-8-6-4-2)40-23-25-19-20-26(41-25)35-24-32-27-28(35)33-30(31)34-29(27)36/h24-26H,3-23H2,1-2H3,(H3,31,33,34,36)/t25-,26+/m0/s1. The van der Waals surface area contributed by atoms with Crippen LogP contribution in [-0.4, -0.2) is 45.4 Å². The van der Waals surface area contributed by atoms with E-state index in [2.05, 4.69) is 28.8 Å². The van der Waals surface area contributed by atoms with Gasteiger partial charge in [0.05, 0.1) is 32.3 Å². The molecule has 1 fully saturated rings. The molecule has 2 atom stereocenters. The molecule has 0 bridgehead atoms. The Morgan fingerprint density at radius 1 is 0.881 bits per heavy atom. The lowest BCUT2D eigenvalue weighted by Gasteiger charge is -2.20. The molecular formula is C30H54N5O6P. The Hall–Kier alpha value is -1.78. The molecule has 0 saturated carbocycles. The van der Waals surface area contributed by atoms with Gasteiger partial charge in [0.25, 0.3) is 5.56 Å². The van der Waals surface area contributed by atoms with Crippen LogP contribution in [-0.2, 0) is 22.9 Å². The van der Waals surface area contributed by atoms with E-state index in [0.29, 0.717) is 31.7 Å². The summed E-state index contributed by atoms with van der Waals surface area (Å²) in [7, 11) is -3.72. The largest absolute Gasteiger partial charge is 0.474 e. The van der Waals surface area contributed by atoms with Gasteiger partial charge < -0.3 is 10.5 Å². The number of H-pyrrole nitrogens is 1. The molecule has 0 amide bonds. The normalized spacial score (nSPS) is 17.5. The van der Waals surface area contributed by atoms with Gasteiger partial charge in [-0.2, -0.15) is 4.98 Å². The fourth-order valence-electron chi connectivity index (χ4n) is 5.28. The van der Waals surface area contributed by atoms with Gasteiger partial charge >= 0.3 is 7.82 Å². The van der Waals surface area contributed by atoms with Crippen molar-refractivity contribution in [3.8, 4) is 0 Å². The zero-order valence-electron chi connectivity index (χ0n) is 25.9. The van der Waals surface area contributed by atoms with E-state index in [-0.39, 0.29) is 30.4 Å². The van der Waals surface area contributed by atoms with Crippen LogP contribution in [0.4, 0.5) is 5.95 Å². The Morgan fingerprint density at radius 3 is 2.00 bits per heavy atom. The molecule has 1 aliphatic rings. The maximum atomic E-state index is 13.5. The van der Waals surface area contributed by atoms with Crippen LogP contribution >= 0.6 is 7.82 Å². The summed E-state index contributed by atoms with van der Waals surface area (Å²) in [5.41, 5.74) is 5.92. The lowest BCUT2D eigenvalue weighted by molar-refractivity contribution is -0.0245. The van der Waals surface area contributed by atoms with Crippen molar-refractivity contribution in [2.24, 2.45) is 0 Å². The minimum absolute atomic E-state index is 0.0235. The third-order valence-corrected chi connectivity index (χ3v) is 9.22. The predicted octanol–water partition coefficient (Wildman–Crippen LogP) is 7.82. The molecule has 3 heterocycles. The number of imidazole rings is 1. The highest BCUT2D eigenvalue weighted by Crippen LogP contribution is 2.50. The van der Waals surface area contributed by atoms with Gasteiger partial charge in [0, 0.05) is 0 Å². The first-order valence-corrected chi connectivity index (χ1v) is 17.8. The minimum atomic E-state index is -3.72. The predicted molar refractivity (Wildman–Crippen MR) is 166 cm³/mol. The summed E-state index contributed by atoms with van der Waals surface area (Å²) in [5.74, 6) is 0.0235. The van der Waals surface area contributed by atoms with E-state index in [0.717, 1.165) is 38.5 Å². The van der Waals surface area contributed by atoms with E-state index in [1.165, 1.54) is 70.5 Å². The van der Waals surface area contributed by atoms with Gasteiger partial charge in [-0.05, 0) is 25.7 Å². The lowest BCUT2D eigenvalue weighted by atomic mass is 10.1. The van der Waals surface area contributed by atoms with Crippen LogP contribution in [0.25, 0.3) is 11.2 Å². The highest BCUT2D eigenvalue weighted by Gasteiger charge is 2.33. The van der Waals surface area contributed by atoms with Crippen molar-refractivity contribution < 1.29 is 22.9 Å². The average Bonchev–Trinajstić information content (AvgIpc) is 3.62. The second kappa shape index (κ2) is 19.5. The van der Waals surface area contributed by atoms with Crippen molar-refractivity contribution >= 4 is 24.9 Å². The fourth-order valence-corrected chi connectivity index (χ4v) is 6.56. The van der Waals surface area contributed by atoms with Crippen molar-refractivity contribution in [2.75, 3.05) is 25.6 Å². The molecule has 3 N–H and O–H groups in total. The Labute approximate surface area is 251 Å². The first kappa shape index (κ1) is 34.7. The Balaban J connectivity index is 1.44. The fraction of sp³-hybridized carbons (Fsp3) is 0.833. The topological polar surface area (TPSA) is 144 Å². The van der Waals surface area contributed by atoms with Crippen LogP contribution in [0.5, 0.6) is 0 Å². The number of hydrogen-bond acceptors (Lipinski definition) is 9. The van der Waals surface area contributed by atoms with Crippen LogP contribution in [0.1, 0.15) is 136 Å². The Bertz CT molecular complexity index is 1100. The highest BCUT2D eigenvalue weighted by molar-refractivity contribution is 7.48. The van der Waals surface area contributed by atoms with Crippen molar-refractivity contribution in [2.45, 2.75) is 142 Å². The number of nitrogens with one attached hydrogen (secondary N) is 1. The Morgan fingerprint density at radius 2 is 1.43 bits per heavy atom. The smallest absolute Gasteiger partial charge is 0.369 e. The molecule has 1 saturated heterocycles. The first-order chi connectivity index (χ1) is 20.5. The maximum Gasteiger partial charge on any atom is 0.474 e. The molecule has 0 radical (unpaired) electrons. The van der Waals surface area contributed by atoms with Crippen molar-refractivity contribution in [3.63, 3.8) is 0 Å². The number of aromatic nitrogens is 4. The minimum Gasteiger partial charge on any atom is -0.369 e. The van der Waals surface area contributed by atoms with E-state index in [9.17, 15) is 9.36 Å². The number of phosphoric acid groups is 1. The van der Waals surface area contributed by atoms with Crippen molar-refractivity contribution in [1.29, 1.82) is 0 Å². The summed E-state index contributed by atoms with van der Waals surface area (Å²) in [5, 5.41) is 0. The van der Waals surface area contributed by atoms with Gasteiger partial charge in [0.2, 0.25) is 5.95 Å². The molecule has 11 nitrogen and oxygen atoms in total. The number of phosphoric ester groups is 1. The molecule has 2 aromatic rings. The van der Waals surface area contributed by atoms with Gasteiger partial charge in [-0.25, -0.2) is 9.55 Å². The van der Waals surface area contributed by atoms with Gasteiger partial charge in [0.15, 0.2) is 11.2 Å². The third-order valence-electron chi connectivity index (χ3n) is 7.76. The number of nitrogen functional groups attached to an aromatic ring is 1. The SMILES string of the molecule is CCCCCCCCCCOP(=O)(OCCCCCCCCCC)OC[C@@H]1CC[C@H](n2cnc3c(=O)[nH]c(N)nc32)O1. The second-order valence-corrected chi connectivity index (χ2v) is 13.1. The summed E-state index contributed by atoms with van der Waals surface area (Å²) < 4.78 is 38.8. The summed E-state index contributed by atoms with van der Waals surface area (Å²) in [4.78, 5) is 23.0. The molecule has 1 aliphatic heterocycles. The van der Waals surface area contributed by atoms with E-state index in [4.69, 9.17) is 24.0 Å². The molecule has 0 unspecified atom stereocenters. The van der Waals surface area contributed by atoms with Crippen LogP contribution in [0, 0.1) is 0 Å². The maximum absolute atomic E-state index is 13.5. The zero-order chi connectivity index (χ0) is 30.0. The summed E-state index contributed by atoms with van der Waals surface area (Å²) in [6.07, 6.45) is 20.9. The quantitative estimate of drug-likeness (QED) is 0.0896. The van der Waals surface area contributed by atoms with Crippen molar-refractivity contribution in [1.82, 2.24) is 19.5 Å². The van der Waals surface area contributed by atoms with Crippen molar-refractivity contribution in [3.05, 3.63) is 16.7 Å². The number of rotatable bonds is 24. The number of nitrogens with two attached hydrogens (primary N) is 1. The third kappa shape index (κ3) is 12.1.